The Labute approximate surface area is 115 Å². The highest BCUT2D eigenvalue weighted by Gasteiger charge is 2.10. The molecule has 0 unspecified atom stereocenters. The highest BCUT2D eigenvalue weighted by Crippen LogP contribution is 2.09. The van der Waals surface area contributed by atoms with Crippen molar-refractivity contribution in [2.24, 2.45) is 5.10 Å². The molecule has 3 rings (SSSR count). The third-order valence-corrected chi connectivity index (χ3v) is 3.43. The smallest absolute Gasteiger partial charge is 0.257 e. The molecular formula is C13H7N3O3S. The highest BCUT2D eigenvalue weighted by molar-refractivity contribution is 7.13. The molecule has 0 saturated heterocycles. The molecule has 0 aliphatic heterocycles. The van der Waals surface area contributed by atoms with E-state index in [9.17, 15) is 14.4 Å². The second-order valence-corrected chi connectivity index (χ2v) is 4.84. The fraction of sp³-hybridized carbons (Fsp3) is 0. The number of nitrogens with zero attached hydrogens (tertiary/aromatic N) is 2. The van der Waals surface area contributed by atoms with Gasteiger partial charge in [-0.1, -0.05) is 24.3 Å². The Hall–Kier alpha value is -2.67. The van der Waals surface area contributed by atoms with Crippen LogP contribution in [0, 0.1) is 0 Å². The highest BCUT2D eigenvalue weighted by atomic mass is 32.1. The van der Waals surface area contributed by atoms with Crippen molar-refractivity contribution in [3.63, 3.8) is 0 Å². The van der Waals surface area contributed by atoms with E-state index >= 15 is 0 Å². The van der Waals surface area contributed by atoms with Crippen LogP contribution in [0.15, 0.2) is 55.3 Å². The summed E-state index contributed by atoms with van der Waals surface area (Å²) in [5, 5.41) is 5.78. The van der Waals surface area contributed by atoms with Crippen LogP contribution in [0.2, 0.25) is 0 Å². The molecule has 6 nitrogen and oxygen atoms in total. The van der Waals surface area contributed by atoms with E-state index in [2.05, 4.69) is 15.5 Å². The van der Waals surface area contributed by atoms with E-state index in [1.54, 1.807) is 23.7 Å². The Kier molecular flexibility index (Phi) is 2.96. The summed E-state index contributed by atoms with van der Waals surface area (Å²) in [6, 6.07) is 6.19. The molecule has 7 heteroatoms. The maximum Gasteiger partial charge on any atom is 0.257 e. The van der Waals surface area contributed by atoms with Crippen LogP contribution in [0.4, 0.5) is 5.13 Å². The lowest BCUT2D eigenvalue weighted by atomic mass is 10.1. The lowest BCUT2D eigenvalue weighted by Crippen LogP contribution is -2.48. The minimum atomic E-state index is -0.905. The van der Waals surface area contributed by atoms with Gasteiger partial charge in [-0.3, -0.25) is 19.8 Å². The van der Waals surface area contributed by atoms with Gasteiger partial charge in [0.05, 0.1) is 0 Å². The van der Waals surface area contributed by atoms with Crippen molar-refractivity contribution in [1.29, 1.82) is 0 Å². The van der Waals surface area contributed by atoms with Gasteiger partial charge in [-0.2, -0.15) is 5.10 Å². The van der Waals surface area contributed by atoms with Crippen molar-refractivity contribution in [2.45, 2.75) is 0 Å². The molecule has 0 fully saturated rings. The number of fused-ring (bicyclic) bond motifs is 1. The van der Waals surface area contributed by atoms with Crippen LogP contribution < -0.4 is 27.1 Å². The molecule has 0 aliphatic rings. The number of benzene rings is 2. The average Bonchev–Trinajstić information content (AvgIpc) is 2.98. The SMILES string of the molecule is O=c1c(=O)c2ccccc2c(=O)/c1=N/Nc1nccs1. The quantitative estimate of drug-likeness (QED) is 0.536. The third kappa shape index (κ3) is 1.94. The molecule has 0 atom stereocenters. The van der Waals surface area contributed by atoms with E-state index in [1.165, 1.54) is 23.5 Å². The van der Waals surface area contributed by atoms with Crippen molar-refractivity contribution in [3.05, 3.63) is 71.9 Å². The van der Waals surface area contributed by atoms with Gasteiger partial charge in [-0.15, -0.1) is 11.3 Å². The average molecular weight is 285 g/mol. The summed E-state index contributed by atoms with van der Waals surface area (Å²) in [6.07, 6.45) is 1.55. The fourth-order valence-corrected chi connectivity index (χ4v) is 2.29. The van der Waals surface area contributed by atoms with Gasteiger partial charge in [0.2, 0.25) is 16.0 Å². The molecule has 3 aromatic rings. The zero-order valence-corrected chi connectivity index (χ0v) is 10.8. The number of hydrogen-bond donors (Lipinski definition) is 1. The summed E-state index contributed by atoms with van der Waals surface area (Å²) in [5.74, 6) is 0. The lowest BCUT2D eigenvalue weighted by molar-refractivity contribution is 1.15. The van der Waals surface area contributed by atoms with Crippen LogP contribution in [-0.4, -0.2) is 4.98 Å². The minimum absolute atomic E-state index is 0.121. The molecule has 1 N–H and O–H groups in total. The van der Waals surface area contributed by atoms with Gasteiger partial charge in [-0.05, 0) is 0 Å². The van der Waals surface area contributed by atoms with E-state index in [-0.39, 0.29) is 10.8 Å². The van der Waals surface area contributed by atoms with Gasteiger partial charge in [-0.25, -0.2) is 4.98 Å². The van der Waals surface area contributed by atoms with E-state index in [4.69, 9.17) is 0 Å². The molecule has 20 heavy (non-hydrogen) atoms. The van der Waals surface area contributed by atoms with Crippen molar-refractivity contribution in [2.75, 3.05) is 5.43 Å². The summed E-state index contributed by atoms with van der Waals surface area (Å²) >= 11 is 1.26. The predicted octanol–water partition coefficient (Wildman–Crippen LogP) is 0.180. The number of nitrogens with one attached hydrogen (secondary N) is 1. The van der Waals surface area contributed by atoms with Crippen LogP contribution in [0.1, 0.15) is 0 Å². The molecule has 0 spiro atoms. The molecule has 1 heterocycles. The summed E-state index contributed by atoms with van der Waals surface area (Å²) < 4.78 is 0. The van der Waals surface area contributed by atoms with Gasteiger partial charge in [0.1, 0.15) is 0 Å². The molecular weight excluding hydrogens is 278 g/mol. The Morgan fingerprint density at radius 1 is 1.00 bits per heavy atom. The Morgan fingerprint density at radius 2 is 1.70 bits per heavy atom. The van der Waals surface area contributed by atoms with Crippen LogP contribution in [0.5, 0.6) is 0 Å². The van der Waals surface area contributed by atoms with Gasteiger partial charge >= 0.3 is 0 Å². The second kappa shape index (κ2) is 4.78. The Balaban J connectivity index is 2.32. The predicted molar refractivity (Wildman–Crippen MR) is 76.4 cm³/mol. The van der Waals surface area contributed by atoms with Gasteiger partial charge in [0, 0.05) is 22.3 Å². The molecule has 0 radical (unpaired) electrons. The molecule has 0 bridgehead atoms. The first-order valence-electron chi connectivity index (χ1n) is 5.64. The molecule has 1 aromatic heterocycles. The first-order valence-corrected chi connectivity index (χ1v) is 6.52. The fourth-order valence-electron chi connectivity index (χ4n) is 1.82. The Morgan fingerprint density at radius 3 is 2.35 bits per heavy atom. The van der Waals surface area contributed by atoms with Crippen molar-refractivity contribution >= 4 is 27.2 Å². The van der Waals surface area contributed by atoms with Crippen LogP contribution >= 0.6 is 11.3 Å². The van der Waals surface area contributed by atoms with Crippen molar-refractivity contribution in [3.8, 4) is 0 Å². The topological polar surface area (TPSA) is 88.5 Å². The van der Waals surface area contributed by atoms with Gasteiger partial charge < -0.3 is 0 Å². The maximum absolute atomic E-state index is 12.2. The van der Waals surface area contributed by atoms with Crippen molar-refractivity contribution < 1.29 is 0 Å². The second-order valence-electron chi connectivity index (χ2n) is 3.94. The third-order valence-electron chi connectivity index (χ3n) is 2.75. The van der Waals surface area contributed by atoms with Crippen LogP contribution in [0.25, 0.3) is 10.8 Å². The maximum atomic E-state index is 12.2. The molecule has 0 saturated carbocycles. The first-order chi connectivity index (χ1) is 9.68. The zero-order valence-electron chi connectivity index (χ0n) is 9.99. The standard InChI is InChI=1S/C13H7N3O3S/c17-10-7-3-1-2-4-8(7)11(18)12(19)9(10)15-16-13-14-5-6-20-13/h1-6H,(H,14,16)/b15-9-. The van der Waals surface area contributed by atoms with Crippen LogP contribution in [-0.2, 0) is 0 Å². The summed E-state index contributed by atoms with van der Waals surface area (Å²) in [5.41, 5.74) is 0.320. The Bertz CT molecular complexity index is 986. The number of thiazole rings is 1. The van der Waals surface area contributed by atoms with E-state index in [0.717, 1.165) is 0 Å². The number of aromatic nitrogens is 1. The minimum Gasteiger partial charge on any atom is -0.287 e. The van der Waals surface area contributed by atoms with Gasteiger partial charge in [0.15, 0.2) is 5.36 Å². The monoisotopic (exact) mass is 285 g/mol. The lowest BCUT2D eigenvalue weighted by Gasteiger charge is -1.94. The van der Waals surface area contributed by atoms with E-state index in [1.807, 2.05) is 0 Å². The molecule has 0 amide bonds. The number of hydrogen-bond acceptors (Lipinski definition) is 7. The number of rotatable bonds is 2. The summed E-state index contributed by atoms with van der Waals surface area (Å²) in [7, 11) is 0. The zero-order chi connectivity index (χ0) is 14.1. The summed E-state index contributed by atoms with van der Waals surface area (Å²) in [4.78, 5) is 39.9. The normalized spacial score (nSPS) is 11.9. The van der Waals surface area contributed by atoms with Gasteiger partial charge in [0.25, 0.3) is 5.43 Å². The molecule has 2 aromatic carbocycles. The molecule has 0 aliphatic carbocycles. The first kappa shape index (κ1) is 12.4. The van der Waals surface area contributed by atoms with E-state index < -0.39 is 21.6 Å². The number of anilines is 1. The summed E-state index contributed by atoms with van der Waals surface area (Å²) in [6.45, 7) is 0. The van der Waals surface area contributed by atoms with E-state index in [0.29, 0.717) is 5.13 Å². The van der Waals surface area contributed by atoms with Crippen molar-refractivity contribution in [1.82, 2.24) is 4.98 Å². The van der Waals surface area contributed by atoms with Crippen LogP contribution in [0.3, 0.4) is 0 Å². The largest absolute Gasteiger partial charge is 0.287 e. The molecule has 98 valence electrons.